The van der Waals surface area contributed by atoms with Crippen molar-refractivity contribution < 1.29 is 31.5 Å². The number of hydrogen-bond donors (Lipinski definition) is 1. The summed E-state index contributed by atoms with van der Waals surface area (Å²) in [7, 11) is 1.50. The Hall–Kier alpha value is -3.36. The number of rotatable bonds is 4. The summed E-state index contributed by atoms with van der Waals surface area (Å²) in [5, 5.41) is 14.8. The lowest BCUT2D eigenvalue weighted by molar-refractivity contribution is -0.289. The number of hydrogen-bond acceptors (Lipinski definition) is 6. The maximum atomic E-state index is 13.6. The summed E-state index contributed by atoms with van der Waals surface area (Å²) in [4.78, 5) is 29.2. The second-order valence-electron chi connectivity index (χ2n) is 8.88. The van der Waals surface area contributed by atoms with Gasteiger partial charge in [-0.3, -0.25) is 10.1 Å². The molecule has 0 atom stereocenters. The highest BCUT2D eigenvalue weighted by atomic mass is 32.1. The molecule has 3 amide bonds. The molecule has 5 rings (SSSR count). The number of urea groups is 1. The molecule has 4 heterocycles. The van der Waals surface area contributed by atoms with E-state index in [1.807, 2.05) is 5.38 Å². The molecule has 1 spiro atoms. The number of likely N-dealkylation sites (tertiary alicyclic amines) is 1. The van der Waals surface area contributed by atoms with Crippen LogP contribution in [0, 0.1) is 5.41 Å². The molecule has 186 valence electrons. The molecule has 0 aromatic carbocycles. The minimum absolute atomic E-state index is 0.100. The number of fused-ring (bicyclic) bond motifs is 1. The van der Waals surface area contributed by atoms with Gasteiger partial charge in [0.15, 0.2) is 5.82 Å². The van der Waals surface area contributed by atoms with Crippen LogP contribution in [-0.2, 0) is 5.92 Å². The van der Waals surface area contributed by atoms with Crippen molar-refractivity contribution in [1.82, 2.24) is 29.6 Å². The molecule has 3 aromatic rings. The quantitative estimate of drug-likeness (QED) is 0.536. The smallest absolute Gasteiger partial charge is 0.337 e. The topological polar surface area (TPSA) is 95.7 Å². The highest BCUT2D eigenvalue weighted by Crippen LogP contribution is 2.50. The molecule has 0 radical (unpaired) electrons. The second-order valence-corrected chi connectivity index (χ2v) is 9.77. The number of nitrogens with one attached hydrogen (secondary N) is 1. The molecule has 1 aliphatic heterocycles. The van der Waals surface area contributed by atoms with Crippen molar-refractivity contribution in [3.05, 3.63) is 41.2 Å². The van der Waals surface area contributed by atoms with Crippen LogP contribution in [0.4, 0.5) is 32.6 Å². The Kier molecular flexibility index (Phi) is 5.23. The van der Waals surface area contributed by atoms with Crippen LogP contribution >= 0.6 is 11.3 Å². The predicted octanol–water partition coefficient (Wildman–Crippen LogP) is 3.61. The maximum Gasteiger partial charge on any atom is 0.458 e. The van der Waals surface area contributed by atoms with Gasteiger partial charge in [0.05, 0.1) is 23.5 Å². The number of halogens is 5. The van der Waals surface area contributed by atoms with Crippen molar-refractivity contribution in [1.29, 1.82) is 0 Å². The minimum atomic E-state index is -5.81. The zero-order valence-corrected chi connectivity index (χ0v) is 18.9. The average molecular weight is 515 g/mol. The highest BCUT2D eigenvalue weighted by Gasteiger charge is 2.59. The van der Waals surface area contributed by atoms with Gasteiger partial charge >= 0.3 is 18.1 Å². The van der Waals surface area contributed by atoms with E-state index in [-0.39, 0.29) is 17.4 Å². The molecule has 3 aromatic heterocycles. The van der Waals surface area contributed by atoms with Crippen LogP contribution in [0.3, 0.4) is 0 Å². The number of carbonyl (C=O) groups is 2. The predicted molar refractivity (Wildman–Crippen MR) is 113 cm³/mol. The molecule has 1 aliphatic carbocycles. The summed E-state index contributed by atoms with van der Waals surface area (Å²) in [6.45, 7) is 1.08. The van der Waals surface area contributed by atoms with Gasteiger partial charge < -0.3 is 9.80 Å². The third-order valence-electron chi connectivity index (χ3n) is 6.52. The van der Waals surface area contributed by atoms with Gasteiger partial charge in [0.2, 0.25) is 0 Å². The molecule has 1 saturated carbocycles. The van der Waals surface area contributed by atoms with E-state index in [9.17, 15) is 31.5 Å². The summed E-state index contributed by atoms with van der Waals surface area (Å²) < 4.78 is 66.6. The molecule has 0 unspecified atom stereocenters. The Balaban J connectivity index is 1.15. The van der Waals surface area contributed by atoms with Crippen molar-refractivity contribution in [2.75, 3.05) is 25.5 Å². The fraction of sp³-hybridized carbons (Fsp3) is 0.450. The van der Waals surface area contributed by atoms with Crippen LogP contribution in [0.25, 0.3) is 4.83 Å². The number of anilines is 1. The zero-order chi connectivity index (χ0) is 25.2. The number of carbonyl (C=O) groups excluding carboxylic acids is 2. The Labute approximate surface area is 198 Å². The lowest BCUT2D eigenvalue weighted by Crippen LogP contribution is -2.67. The Morgan fingerprint density at radius 2 is 1.91 bits per heavy atom. The molecular weight excluding hydrogens is 497 g/mol. The van der Waals surface area contributed by atoms with E-state index < -0.39 is 29.5 Å². The molecule has 2 fully saturated rings. The van der Waals surface area contributed by atoms with Crippen LogP contribution in [0.15, 0.2) is 30.0 Å². The largest absolute Gasteiger partial charge is 0.458 e. The van der Waals surface area contributed by atoms with Gasteiger partial charge in [-0.05, 0) is 18.9 Å². The molecule has 1 N–H and O–H groups in total. The van der Waals surface area contributed by atoms with E-state index in [1.165, 1.54) is 23.3 Å². The van der Waals surface area contributed by atoms with Crippen LogP contribution in [0.2, 0.25) is 0 Å². The third-order valence-corrected chi connectivity index (χ3v) is 7.40. The fourth-order valence-corrected chi connectivity index (χ4v) is 5.34. The Morgan fingerprint density at radius 1 is 1.20 bits per heavy atom. The lowest BCUT2D eigenvalue weighted by Gasteiger charge is -2.60. The standard InChI is InChI=1S/C20H18F5N7O2S/c1-30(17(34)28-14-4-11(7-26-29-14)19(21,22)20(23,24)25)12-5-18(6-12)9-31(10-18)15(33)13-8-27-32-2-3-35-16(13)32/h2-4,7-8,12H,5-6,9-10H2,1H3,(H,28,29,34). The number of alkyl halides is 5. The molecule has 0 bridgehead atoms. The Bertz CT molecular complexity index is 1290. The number of thiazole rings is 1. The van der Waals surface area contributed by atoms with Crippen molar-refractivity contribution in [2.24, 2.45) is 5.41 Å². The van der Waals surface area contributed by atoms with Crippen molar-refractivity contribution in [3.63, 3.8) is 0 Å². The van der Waals surface area contributed by atoms with E-state index >= 15 is 0 Å². The SMILES string of the molecule is CN(C(=O)Nc1cc(C(F)(F)C(F)(F)F)cnn1)C1CC2(C1)CN(C(=O)c1cnn3ccsc13)C2. The molecule has 1 saturated heterocycles. The van der Waals surface area contributed by atoms with Gasteiger partial charge in [-0.25, -0.2) is 9.31 Å². The monoisotopic (exact) mass is 515 g/mol. The molecular formula is C20H18F5N7O2S. The summed E-state index contributed by atoms with van der Waals surface area (Å²) >= 11 is 1.43. The van der Waals surface area contributed by atoms with Crippen LogP contribution in [0.1, 0.15) is 28.8 Å². The van der Waals surface area contributed by atoms with Gasteiger partial charge in [-0.2, -0.15) is 32.1 Å². The van der Waals surface area contributed by atoms with Crippen LogP contribution in [0.5, 0.6) is 0 Å². The van der Waals surface area contributed by atoms with E-state index in [0.717, 1.165) is 4.83 Å². The summed E-state index contributed by atoms with van der Waals surface area (Å²) in [6.07, 6.45) is -0.930. The number of aromatic nitrogens is 4. The van der Waals surface area contributed by atoms with Crippen molar-refractivity contribution >= 4 is 33.9 Å². The zero-order valence-electron chi connectivity index (χ0n) is 18.1. The fourth-order valence-electron chi connectivity index (χ4n) is 4.55. The average Bonchev–Trinajstić information content (AvgIpc) is 3.34. The van der Waals surface area contributed by atoms with E-state index in [4.69, 9.17) is 0 Å². The minimum Gasteiger partial charge on any atom is -0.337 e. The first kappa shape index (κ1) is 23.4. The van der Waals surface area contributed by atoms with Crippen molar-refractivity contribution in [2.45, 2.75) is 31.0 Å². The van der Waals surface area contributed by atoms with E-state index in [2.05, 4.69) is 20.6 Å². The molecule has 15 heteroatoms. The van der Waals surface area contributed by atoms with Gasteiger partial charge in [0.25, 0.3) is 5.91 Å². The normalized spacial score (nSPS) is 17.8. The van der Waals surface area contributed by atoms with Crippen molar-refractivity contribution in [3.8, 4) is 0 Å². The Morgan fingerprint density at radius 3 is 2.60 bits per heavy atom. The first-order valence-corrected chi connectivity index (χ1v) is 11.3. The first-order chi connectivity index (χ1) is 16.4. The molecule has 35 heavy (non-hydrogen) atoms. The first-order valence-electron chi connectivity index (χ1n) is 10.4. The van der Waals surface area contributed by atoms with Gasteiger partial charge in [0, 0.05) is 43.2 Å². The van der Waals surface area contributed by atoms with Crippen LogP contribution in [-0.4, -0.2) is 73.9 Å². The van der Waals surface area contributed by atoms with Gasteiger partial charge in [0.1, 0.15) is 4.83 Å². The summed E-state index contributed by atoms with van der Waals surface area (Å²) in [5.41, 5.74) is -0.981. The summed E-state index contributed by atoms with van der Waals surface area (Å²) in [5.74, 6) is -5.75. The summed E-state index contributed by atoms with van der Waals surface area (Å²) in [6, 6.07) is -0.440. The van der Waals surface area contributed by atoms with Crippen LogP contribution < -0.4 is 5.32 Å². The third kappa shape index (κ3) is 3.86. The number of nitrogens with zero attached hydrogens (tertiary/aromatic N) is 6. The van der Waals surface area contributed by atoms with Gasteiger partial charge in [-0.15, -0.1) is 16.4 Å². The van der Waals surface area contributed by atoms with E-state index in [1.54, 1.807) is 21.8 Å². The maximum absolute atomic E-state index is 13.6. The lowest BCUT2D eigenvalue weighted by atomic mass is 9.60. The number of amides is 3. The molecule has 9 nitrogen and oxygen atoms in total. The molecule has 2 aliphatic rings. The second kappa shape index (κ2) is 7.83. The van der Waals surface area contributed by atoms with E-state index in [0.29, 0.717) is 43.8 Å². The highest BCUT2D eigenvalue weighted by molar-refractivity contribution is 7.15. The van der Waals surface area contributed by atoms with Gasteiger partial charge in [-0.1, -0.05) is 0 Å².